The minimum absolute atomic E-state index is 0.0397. The van der Waals surface area contributed by atoms with E-state index in [-0.39, 0.29) is 11.6 Å². The quantitative estimate of drug-likeness (QED) is 0.846. The third-order valence-electron chi connectivity index (χ3n) is 2.96. The van der Waals surface area contributed by atoms with Gasteiger partial charge in [0, 0.05) is 18.8 Å². The highest BCUT2D eigenvalue weighted by molar-refractivity contribution is 7.71. The van der Waals surface area contributed by atoms with Crippen LogP contribution in [-0.2, 0) is 7.05 Å². The first kappa shape index (κ1) is 12.8. The summed E-state index contributed by atoms with van der Waals surface area (Å²) in [4.78, 5) is 12.5. The van der Waals surface area contributed by atoms with Gasteiger partial charge in [0.2, 0.25) is 0 Å². The van der Waals surface area contributed by atoms with Gasteiger partial charge in [0.05, 0.1) is 5.56 Å². The molecule has 96 valence electrons. The van der Waals surface area contributed by atoms with Crippen LogP contribution in [0.25, 0.3) is 11.4 Å². The fourth-order valence-corrected chi connectivity index (χ4v) is 2.18. The third kappa shape index (κ3) is 1.92. The van der Waals surface area contributed by atoms with E-state index >= 15 is 0 Å². The van der Waals surface area contributed by atoms with E-state index in [1.165, 1.54) is 0 Å². The molecule has 0 aliphatic rings. The van der Waals surface area contributed by atoms with Gasteiger partial charge in [-0.1, -0.05) is 0 Å². The summed E-state index contributed by atoms with van der Waals surface area (Å²) in [7, 11) is 1.79. The summed E-state index contributed by atoms with van der Waals surface area (Å²) in [5.41, 5.74) is 1.46. The van der Waals surface area contributed by atoms with E-state index in [4.69, 9.17) is 12.2 Å². The van der Waals surface area contributed by atoms with Gasteiger partial charge in [-0.15, -0.1) is 0 Å². The number of aryl methyl sites for hydroxylation is 1. The summed E-state index contributed by atoms with van der Waals surface area (Å²) < 4.78 is 3.96. The molecule has 0 spiro atoms. The molecule has 0 unspecified atom stereocenters. The van der Waals surface area contributed by atoms with Crippen molar-refractivity contribution in [3.8, 4) is 11.4 Å². The van der Waals surface area contributed by atoms with Crippen molar-refractivity contribution in [1.29, 1.82) is 0 Å². The van der Waals surface area contributed by atoms with Crippen molar-refractivity contribution >= 4 is 12.2 Å². The maximum Gasteiger partial charge on any atom is 0.262 e. The maximum atomic E-state index is 12.5. The van der Waals surface area contributed by atoms with Crippen LogP contribution in [0.1, 0.15) is 25.6 Å². The van der Waals surface area contributed by atoms with Gasteiger partial charge >= 0.3 is 0 Å². The van der Waals surface area contributed by atoms with E-state index in [1.807, 2.05) is 26.8 Å². The Morgan fingerprint density at radius 2 is 2.06 bits per heavy atom. The Labute approximate surface area is 110 Å². The van der Waals surface area contributed by atoms with E-state index in [0.717, 1.165) is 5.69 Å². The van der Waals surface area contributed by atoms with Crippen molar-refractivity contribution < 1.29 is 0 Å². The Bertz CT molecular complexity index is 693. The topological polar surface area (TPSA) is 55.6 Å². The Hall–Kier alpha value is -1.69. The van der Waals surface area contributed by atoms with Gasteiger partial charge in [-0.3, -0.25) is 9.89 Å². The molecular formula is C12H16N4OS. The Balaban J connectivity index is 2.75. The summed E-state index contributed by atoms with van der Waals surface area (Å²) in [5, 5.41) is 6.80. The zero-order chi connectivity index (χ0) is 13.4. The molecule has 0 saturated carbocycles. The first-order chi connectivity index (χ1) is 8.43. The second-order valence-corrected chi connectivity index (χ2v) is 4.96. The molecule has 0 fully saturated rings. The minimum Gasteiger partial charge on any atom is -0.310 e. The van der Waals surface area contributed by atoms with Crippen LogP contribution in [0.4, 0.5) is 0 Å². The lowest BCUT2D eigenvalue weighted by atomic mass is 10.2. The maximum absolute atomic E-state index is 12.5. The van der Waals surface area contributed by atoms with Crippen LogP contribution in [0.3, 0.4) is 0 Å². The smallest absolute Gasteiger partial charge is 0.262 e. The molecule has 0 aliphatic carbocycles. The van der Waals surface area contributed by atoms with Gasteiger partial charge in [0.25, 0.3) is 5.56 Å². The number of pyridine rings is 1. The lowest BCUT2D eigenvalue weighted by molar-refractivity contribution is 0.563. The molecular weight excluding hydrogens is 248 g/mol. The number of nitrogens with one attached hydrogen (secondary N) is 1. The van der Waals surface area contributed by atoms with Crippen LogP contribution in [0.5, 0.6) is 0 Å². The highest BCUT2D eigenvalue weighted by Crippen LogP contribution is 2.14. The molecule has 6 heteroatoms. The Morgan fingerprint density at radius 3 is 2.56 bits per heavy atom. The predicted molar refractivity (Wildman–Crippen MR) is 73.2 cm³/mol. The van der Waals surface area contributed by atoms with Gasteiger partial charge in [0.1, 0.15) is 0 Å². The van der Waals surface area contributed by atoms with Crippen LogP contribution in [0, 0.1) is 11.7 Å². The average Bonchev–Trinajstić information content (AvgIpc) is 2.60. The molecule has 2 aromatic heterocycles. The zero-order valence-corrected chi connectivity index (χ0v) is 11.7. The van der Waals surface area contributed by atoms with Crippen LogP contribution < -0.4 is 5.56 Å². The van der Waals surface area contributed by atoms with Crippen molar-refractivity contribution in [2.24, 2.45) is 7.05 Å². The fraction of sp³-hybridized carbons (Fsp3) is 0.417. The molecule has 2 heterocycles. The highest BCUT2D eigenvalue weighted by Gasteiger charge is 2.14. The van der Waals surface area contributed by atoms with Crippen LogP contribution in [0.15, 0.2) is 16.9 Å². The lowest BCUT2D eigenvalue weighted by Gasteiger charge is -2.14. The summed E-state index contributed by atoms with van der Waals surface area (Å²) in [5.74, 6) is 0.569. The first-order valence-corrected chi connectivity index (χ1v) is 6.18. The van der Waals surface area contributed by atoms with Crippen molar-refractivity contribution in [2.45, 2.75) is 26.8 Å². The number of rotatable bonds is 2. The number of aromatic amines is 1. The Kier molecular flexibility index (Phi) is 3.21. The SMILES string of the molecule is Cc1ccc(-c2n[nH]c(=S)n2C)c(=O)n1C(C)C. The van der Waals surface area contributed by atoms with Crippen molar-refractivity contribution in [3.05, 3.63) is 33.0 Å². The monoisotopic (exact) mass is 264 g/mol. The van der Waals surface area contributed by atoms with E-state index in [1.54, 1.807) is 22.2 Å². The highest BCUT2D eigenvalue weighted by atomic mass is 32.1. The molecule has 2 aromatic rings. The lowest BCUT2D eigenvalue weighted by Crippen LogP contribution is -2.25. The van der Waals surface area contributed by atoms with Crippen LogP contribution >= 0.6 is 12.2 Å². The molecule has 0 aliphatic heterocycles. The van der Waals surface area contributed by atoms with Crippen LogP contribution in [0.2, 0.25) is 0 Å². The molecule has 5 nitrogen and oxygen atoms in total. The molecule has 2 rings (SSSR count). The third-order valence-corrected chi connectivity index (χ3v) is 3.32. The van der Waals surface area contributed by atoms with Gasteiger partial charge in [-0.2, -0.15) is 5.10 Å². The van der Waals surface area contributed by atoms with Crippen molar-refractivity contribution in [2.75, 3.05) is 0 Å². The molecule has 0 aromatic carbocycles. The molecule has 0 atom stereocenters. The molecule has 0 saturated heterocycles. The second-order valence-electron chi connectivity index (χ2n) is 4.57. The van der Waals surface area contributed by atoms with Gasteiger partial charge in [-0.05, 0) is 45.1 Å². The molecule has 0 radical (unpaired) electrons. The molecule has 0 amide bonds. The zero-order valence-electron chi connectivity index (χ0n) is 10.9. The van der Waals surface area contributed by atoms with E-state index < -0.39 is 0 Å². The summed E-state index contributed by atoms with van der Waals surface area (Å²) >= 11 is 5.06. The van der Waals surface area contributed by atoms with Crippen molar-refractivity contribution in [3.63, 3.8) is 0 Å². The fourth-order valence-electron chi connectivity index (χ4n) is 2.05. The van der Waals surface area contributed by atoms with Gasteiger partial charge < -0.3 is 9.13 Å². The molecule has 1 N–H and O–H groups in total. The van der Waals surface area contributed by atoms with Crippen molar-refractivity contribution in [1.82, 2.24) is 19.3 Å². The number of hydrogen-bond donors (Lipinski definition) is 1. The minimum atomic E-state index is -0.0397. The summed E-state index contributed by atoms with van der Waals surface area (Å²) in [6.45, 7) is 5.90. The Morgan fingerprint density at radius 1 is 1.39 bits per heavy atom. The largest absolute Gasteiger partial charge is 0.310 e. The molecule has 18 heavy (non-hydrogen) atoms. The van der Waals surface area contributed by atoms with E-state index in [9.17, 15) is 4.79 Å². The number of hydrogen-bond acceptors (Lipinski definition) is 3. The number of H-pyrrole nitrogens is 1. The van der Waals surface area contributed by atoms with Gasteiger partial charge in [-0.25, -0.2) is 0 Å². The standard InChI is InChI=1S/C12H16N4OS/c1-7(2)16-8(3)5-6-9(11(16)17)10-13-14-12(18)15(10)4/h5-7H,1-4H3,(H,14,18). The number of aromatic nitrogens is 4. The predicted octanol–water partition coefficient (Wildman–Crippen LogP) is 2.20. The number of nitrogens with zero attached hydrogens (tertiary/aromatic N) is 3. The first-order valence-electron chi connectivity index (χ1n) is 5.77. The molecule has 0 bridgehead atoms. The van der Waals surface area contributed by atoms with E-state index in [2.05, 4.69) is 10.2 Å². The van der Waals surface area contributed by atoms with E-state index in [0.29, 0.717) is 16.2 Å². The average molecular weight is 264 g/mol. The van der Waals surface area contributed by atoms with Crippen LogP contribution in [-0.4, -0.2) is 19.3 Å². The second kappa shape index (κ2) is 4.53. The van der Waals surface area contributed by atoms with Gasteiger partial charge in [0.15, 0.2) is 10.6 Å². The summed E-state index contributed by atoms with van der Waals surface area (Å²) in [6, 6.07) is 3.83. The summed E-state index contributed by atoms with van der Waals surface area (Å²) in [6.07, 6.45) is 0. The normalized spacial score (nSPS) is 11.2.